The lowest BCUT2D eigenvalue weighted by Gasteiger charge is -2.05. The van der Waals surface area contributed by atoms with Crippen molar-refractivity contribution < 1.29 is 13.9 Å². The van der Waals surface area contributed by atoms with Crippen molar-refractivity contribution in [2.24, 2.45) is 0 Å². The number of fused-ring (bicyclic) bond motifs is 1. The molecule has 1 aliphatic carbocycles. The van der Waals surface area contributed by atoms with E-state index in [-0.39, 0.29) is 0 Å². The molecular weight excluding hydrogens is 180 g/mol. The molecule has 0 amide bonds. The van der Waals surface area contributed by atoms with E-state index in [0.717, 1.165) is 23.0 Å². The second kappa shape index (κ2) is 3.64. The summed E-state index contributed by atoms with van der Waals surface area (Å²) in [6.45, 7) is 0.489. The van der Waals surface area contributed by atoms with Gasteiger partial charge in [-0.25, -0.2) is 0 Å². The number of rotatable bonds is 3. The molecular formula is C11H10O3. The highest BCUT2D eigenvalue weighted by Crippen LogP contribution is 2.30. The Bertz CT molecular complexity index is 417. The third-order valence-corrected chi connectivity index (χ3v) is 2.20. The maximum atomic E-state index is 10.7. The number of hydrogen-bond donors (Lipinski definition) is 0. The predicted molar refractivity (Wildman–Crippen MR) is 51.4 cm³/mol. The van der Waals surface area contributed by atoms with Crippen LogP contribution in [0.4, 0.5) is 0 Å². The van der Waals surface area contributed by atoms with Crippen molar-refractivity contribution >= 4 is 6.29 Å². The van der Waals surface area contributed by atoms with Gasteiger partial charge in [0, 0.05) is 23.8 Å². The van der Waals surface area contributed by atoms with Gasteiger partial charge < -0.3 is 9.15 Å². The zero-order valence-electron chi connectivity index (χ0n) is 7.82. The zero-order chi connectivity index (χ0) is 9.97. The molecule has 2 aliphatic rings. The number of hydrogen-bond acceptors (Lipinski definition) is 3. The minimum atomic E-state index is 0.489. The van der Waals surface area contributed by atoms with Crippen LogP contribution in [0.1, 0.15) is 15.9 Å². The lowest BCUT2D eigenvalue weighted by Crippen LogP contribution is -1.91. The fourth-order valence-corrected chi connectivity index (χ4v) is 1.54. The lowest BCUT2D eigenvalue weighted by molar-refractivity contribution is 0.112. The largest absolute Gasteiger partial charge is 0.472 e. The van der Waals surface area contributed by atoms with Crippen LogP contribution in [0.2, 0.25) is 0 Å². The Kier molecular flexibility index (Phi) is 2.33. The standard InChI is InChI=1S/C11H10O3/c1-13-5-9-6-14-7-11-8(4-12)2-3-10(9)11/h2-4,6-7H,5H2,1H3. The van der Waals surface area contributed by atoms with E-state index in [1.54, 1.807) is 25.7 Å². The van der Waals surface area contributed by atoms with Crippen LogP contribution in [-0.4, -0.2) is 13.4 Å². The summed E-state index contributed by atoms with van der Waals surface area (Å²) >= 11 is 0. The quantitative estimate of drug-likeness (QED) is 0.697. The molecule has 0 N–H and O–H groups in total. The first-order valence-electron chi connectivity index (χ1n) is 4.28. The van der Waals surface area contributed by atoms with E-state index >= 15 is 0 Å². The molecule has 0 bridgehead atoms. The molecule has 0 aromatic rings. The summed E-state index contributed by atoms with van der Waals surface area (Å²) < 4.78 is 10.2. The smallest absolute Gasteiger partial charge is 0.150 e. The first-order valence-corrected chi connectivity index (χ1v) is 4.28. The van der Waals surface area contributed by atoms with E-state index in [9.17, 15) is 4.79 Å². The first-order chi connectivity index (χ1) is 6.86. The van der Waals surface area contributed by atoms with Crippen molar-refractivity contribution in [1.29, 1.82) is 0 Å². The topological polar surface area (TPSA) is 39.4 Å². The van der Waals surface area contributed by atoms with Gasteiger partial charge in [0.25, 0.3) is 0 Å². The van der Waals surface area contributed by atoms with E-state index in [4.69, 9.17) is 9.15 Å². The fraction of sp³-hybridized carbons (Fsp3) is 0.182. The van der Waals surface area contributed by atoms with Crippen LogP contribution in [0.15, 0.2) is 29.1 Å². The first kappa shape index (κ1) is 8.97. The van der Waals surface area contributed by atoms with Crippen molar-refractivity contribution in [3.05, 3.63) is 35.8 Å². The summed E-state index contributed by atoms with van der Waals surface area (Å²) in [5, 5.41) is 0. The van der Waals surface area contributed by atoms with E-state index in [1.165, 1.54) is 0 Å². The molecule has 72 valence electrons. The maximum Gasteiger partial charge on any atom is 0.150 e. The molecule has 0 saturated heterocycles. The summed E-state index contributed by atoms with van der Waals surface area (Å²) in [4.78, 5) is 10.7. The van der Waals surface area contributed by atoms with Crippen LogP contribution in [0.5, 0.6) is 0 Å². The maximum absolute atomic E-state index is 10.7. The Labute approximate surface area is 81.6 Å². The third kappa shape index (κ3) is 1.32. The second-order valence-electron chi connectivity index (χ2n) is 3.06. The minimum absolute atomic E-state index is 0.489. The van der Waals surface area contributed by atoms with Gasteiger partial charge >= 0.3 is 0 Å². The molecule has 2 rings (SSSR count). The van der Waals surface area contributed by atoms with Gasteiger partial charge in [-0.05, 0) is 5.56 Å². The normalized spacial score (nSPS) is 10.6. The molecule has 0 aromatic carbocycles. The van der Waals surface area contributed by atoms with Crippen LogP contribution >= 0.6 is 0 Å². The number of ether oxygens (including phenoxy) is 1. The molecule has 0 spiro atoms. The lowest BCUT2D eigenvalue weighted by atomic mass is 10.1. The molecule has 1 aliphatic heterocycles. The summed E-state index contributed by atoms with van der Waals surface area (Å²) in [5.41, 5.74) is 3.47. The molecule has 14 heavy (non-hydrogen) atoms. The zero-order valence-corrected chi connectivity index (χ0v) is 7.82. The van der Waals surface area contributed by atoms with Crippen molar-refractivity contribution in [2.45, 2.75) is 6.61 Å². The highest BCUT2D eigenvalue weighted by molar-refractivity contribution is 5.90. The summed E-state index contributed by atoms with van der Waals surface area (Å²) in [5.74, 6) is 0. The Hall–Kier alpha value is -1.61. The molecule has 3 nitrogen and oxygen atoms in total. The number of carbonyl (C=O) groups excluding carboxylic acids is 1. The van der Waals surface area contributed by atoms with E-state index in [1.807, 2.05) is 6.07 Å². The fourth-order valence-electron chi connectivity index (χ4n) is 1.54. The van der Waals surface area contributed by atoms with E-state index < -0.39 is 0 Å². The van der Waals surface area contributed by atoms with Crippen molar-refractivity contribution in [3.63, 3.8) is 0 Å². The van der Waals surface area contributed by atoms with Crippen LogP contribution in [0.3, 0.4) is 0 Å². The molecule has 0 fully saturated rings. The third-order valence-electron chi connectivity index (χ3n) is 2.20. The monoisotopic (exact) mass is 190 g/mol. The van der Waals surface area contributed by atoms with Gasteiger partial charge in [0.15, 0.2) is 6.29 Å². The van der Waals surface area contributed by atoms with Gasteiger partial charge in [-0.3, -0.25) is 4.79 Å². The molecule has 0 aromatic heterocycles. The van der Waals surface area contributed by atoms with Crippen LogP contribution in [0, 0.1) is 0 Å². The number of carbonyl (C=O) groups is 1. The van der Waals surface area contributed by atoms with Gasteiger partial charge in [-0.2, -0.15) is 0 Å². The Morgan fingerprint density at radius 2 is 2.21 bits per heavy atom. The number of aldehydes is 1. The number of methoxy groups -OCH3 is 1. The molecule has 0 radical (unpaired) electrons. The van der Waals surface area contributed by atoms with Crippen molar-refractivity contribution in [1.82, 2.24) is 0 Å². The van der Waals surface area contributed by atoms with Gasteiger partial charge in [0.2, 0.25) is 0 Å². The SMILES string of the molecule is COCc1cocc2c(C=O)ccc1-2. The van der Waals surface area contributed by atoms with Crippen LogP contribution < -0.4 is 0 Å². The van der Waals surface area contributed by atoms with E-state index in [2.05, 4.69) is 0 Å². The van der Waals surface area contributed by atoms with Crippen LogP contribution in [-0.2, 0) is 11.3 Å². The average Bonchev–Trinajstić information content (AvgIpc) is 2.62. The molecule has 3 heteroatoms. The summed E-state index contributed by atoms with van der Waals surface area (Å²) in [6.07, 6.45) is 4.05. The minimum Gasteiger partial charge on any atom is -0.472 e. The second-order valence-corrected chi connectivity index (χ2v) is 3.06. The highest BCUT2D eigenvalue weighted by Gasteiger charge is 2.13. The Balaban J connectivity index is 2.53. The van der Waals surface area contributed by atoms with Crippen molar-refractivity contribution in [2.75, 3.05) is 7.11 Å². The van der Waals surface area contributed by atoms with Gasteiger partial charge in [-0.1, -0.05) is 12.1 Å². The van der Waals surface area contributed by atoms with E-state index in [0.29, 0.717) is 12.2 Å². The molecule has 0 unspecified atom stereocenters. The highest BCUT2D eigenvalue weighted by atomic mass is 16.5. The Morgan fingerprint density at radius 1 is 1.36 bits per heavy atom. The summed E-state index contributed by atoms with van der Waals surface area (Å²) in [7, 11) is 1.63. The van der Waals surface area contributed by atoms with Gasteiger partial charge in [0.1, 0.15) is 0 Å². The molecule has 0 atom stereocenters. The molecule has 0 saturated carbocycles. The Morgan fingerprint density at radius 3 is 2.93 bits per heavy atom. The van der Waals surface area contributed by atoms with Gasteiger partial charge in [-0.15, -0.1) is 0 Å². The van der Waals surface area contributed by atoms with Gasteiger partial charge in [0.05, 0.1) is 19.1 Å². The van der Waals surface area contributed by atoms with Crippen molar-refractivity contribution in [3.8, 4) is 11.1 Å². The van der Waals surface area contributed by atoms with Crippen LogP contribution in [0.25, 0.3) is 11.1 Å². The molecule has 1 heterocycles. The predicted octanol–water partition coefficient (Wildman–Crippen LogP) is 2.34. The average molecular weight is 190 g/mol. The summed E-state index contributed by atoms with van der Waals surface area (Å²) in [6, 6.07) is 3.69.